The van der Waals surface area contributed by atoms with Gasteiger partial charge in [0.25, 0.3) is 0 Å². The van der Waals surface area contributed by atoms with Gasteiger partial charge in [-0.1, -0.05) is 42.1 Å². The molecule has 1 N–H and O–H groups in total. The topological polar surface area (TPSA) is 29.1 Å². The minimum absolute atomic E-state index is 0.0776. The normalized spacial score (nSPS) is 21.4. The highest BCUT2D eigenvalue weighted by atomic mass is 79.9. The average Bonchev–Trinajstić information content (AvgIpc) is 2.30. The quantitative estimate of drug-likeness (QED) is 0.770. The molecule has 1 atom stereocenters. The van der Waals surface area contributed by atoms with Crippen LogP contribution in [0.1, 0.15) is 58.8 Å². The van der Waals surface area contributed by atoms with Gasteiger partial charge in [0.05, 0.1) is 0 Å². The highest BCUT2D eigenvalue weighted by Gasteiger charge is 2.24. The summed E-state index contributed by atoms with van der Waals surface area (Å²) in [5.74, 6) is 0.862. The Balaban J connectivity index is 2.34. The second kappa shape index (κ2) is 6.63. The van der Waals surface area contributed by atoms with E-state index in [0.29, 0.717) is 5.92 Å². The lowest BCUT2D eigenvalue weighted by molar-refractivity contribution is -0.123. The second-order valence-electron chi connectivity index (χ2n) is 5.30. The van der Waals surface area contributed by atoms with Crippen LogP contribution in [0.4, 0.5) is 0 Å². The molecule has 1 amide bonds. The first-order valence-electron chi connectivity index (χ1n) is 6.46. The molecule has 1 aliphatic carbocycles. The Morgan fingerprint density at radius 2 is 2.00 bits per heavy atom. The van der Waals surface area contributed by atoms with Crippen LogP contribution in [0, 0.1) is 5.92 Å². The minimum atomic E-state index is -0.0776. The Bertz CT molecular complexity index is 220. The molecule has 3 heteroatoms. The van der Waals surface area contributed by atoms with Gasteiger partial charge >= 0.3 is 0 Å². The molecule has 0 aromatic rings. The zero-order valence-electron chi connectivity index (χ0n) is 10.5. The van der Waals surface area contributed by atoms with Crippen molar-refractivity contribution in [3.8, 4) is 0 Å². The molecule has 0 aromatic heterocycles. The highest BCUT2D eigenvalue weighted by Crippen LogP contribution is 2.26. The summed E-state index contributed by atoms with van der Waals surface area (Å²) in [6.07, 6.45) is 8.14. The van der Waals surface area contributed by atoms with E-state index >= 15 is 0 Å². The predicted molar refractivity (Wildman–Crippen MR) is 71.8 cm³/mol. The fraction of sp³-hybridized carbons (Fsp3) is 0.923. The van der Waals surface area contributed by atoms with Crippen LogP contribution < -0.4 is 5.32 Å². The van der Waals surface area contributed by atoms with Gasteiger partial charge < -0.3 is 5.32 Å². The molecular weight excluding hydrogens is 266 g/mol. The monoisotopic (exact) mass is 289 g/mol. The van der Waals surface area contributed by atoms with Gasteiger partial charge in [-0.05, 0) is 32.1 Å². The van der Waals surface area contributed by atoms with Crippen LogP contribution in [0.25, 0.3) is 0 Å². The molecule has 0 radical (unpaired) electrons. The largest absolute Gasteiger partial charge is 0.350 e. The van der Waals surface area contributed by atoms with Crippen LogP contribution in [0.3, 0.4) is 0 Å². The number of nitrogens with one attached hydrogen (secondary N) is 1. The van der Waals surface area contributed by atoms with Crippen LogP contribution in [0.15, 0.2) is 0 Å². The lowest BCUT2D eigenvalue weighted by Crippen LogP contribution is -2.47. The number of hydrogen-bond donors (Lipinski definition) is 1. The molecule has 1 rings (SSSR count). The van der Waals surface area contributed by atoms with Crippen LogP contribution in [-0.4, -0.2) is 16.8 Å². The van der Waals surface area contributed by atoms with Crippen molar-refractivity contribution in [1.29, 1.82) is 0 Å². The Hall–Kier alpha value is -0.0500. The molecule has 1 unspecified atom stereocenters. The van der Waals surface area contributed by atoms with E-state index in [9.17, 15) is 4.79 Å². The van der Waals surface area contributed by atoms with Crippen molar-refractivity contribution in [2.45, 2.75) is 64.3 Å². The lowest BCUT2D eigenvalue weighted by atomic mass is 9.86. The molecule has 94 valence electrons. The number of amides is 1. The highest BCUT2D eigenvalue weighted by molar-refractivity contribution is 9.09. The van der Waals surface area contributed by atoms with Gasteiger partial charge in [-0.2, -0.15) is 0 Å². The number of halogens is 1. The zero-order chi connectivity index (χ0) is 12.0. The van der Waals surface area contributed by atoms with Crippen molar-refractivity contribution in [3.05, 3.63) is 0 Å². The van der Waals surface area contributed by atoms with E-state index in [0.717, 1.165) is 18.2 Å². The van der Waals surface area contributed by atoms with Gasteiger partial charge in [0.2, 0.25) is 5.91 Å². The molecule has 0 aliphatic heterocycles. The fourth-order valence-electron chi connectivity index (χ4n) is 2.26. The van der Waals surface area contributed by atoms with Gasteiger partial charge in [0.15, 0.2) is 0 Å². The van der Waals surface area contributed by atoms with Gasteiger partial charge in [-0.25, -0.2) is 0 Å². The van der Waals surface area contributed by atoms with Crippen LogP contribution in [0.2, 0.25) is 0 Å². The summed E-state index contributed by atoms with van der Waals surface area (Å²) >= 11 is 3.47. The van der Waals surface area contributed by atoms with Crippen molar-refractivity contribution in [3.63, 3.8) is 0 Å². The Kier molecular flexibility index (Phi) is 5.81. The third kappa shape index (κ3) is 4.44. The molecular formula is C13H24BrNO. The summed E-state index contributed by atoms with van der Waals surface area (Å²) in [6, 6.07) is 0. The van der Waals surface area contributed by atoms with Gasteiger partial charge in [-0.3, -0.25) is 4.79 Å². The zero-order valence-corrected chi connectivity index (χ0v) is 12.1. The molecule has 0 spiro atoms. The van der Waals surface area contributed by atoms with Crippen molar-refractivity contribution >= 4 is 21.8 Å². The average molecular weight is 290 g/mol. The fourth-order valence-corrected chi connectivity index (χ4v) is 2.79. The first-order chi connectivity index (χ1) is 7.59. The Morgan fingerprint density at radius 1 is 1.38 bits per heavy atom. The van der Waals surface area contributed by atoms with Gasteiger partial charge in [0.1, 0.15) is 0 Å². The van der Waals surface area contributed by atoms with E-state index in [1.54, 1.807) is 0 Å². The predicted octanol–water partition coefficient (Wildman–Crippen LogP) is 3.64. The van der Waals surface area contributed by atoms with Crippen LogP contribution >= 0.6 is 15.9 Å². The third-order valence-electron chi connectivity index (χ3n) is 3.72. The SMILES string of the molecule is CCC(C)(CBr)NC(=O)CC1CCCCC1. The summed E-state index contributed by atoms with van der Waals surface area (Å²) in [7, 11) is 0. The van der Waals surface area contributed by atoms with Crippen molar-refractivity contribution in [2.24, 2.45) is 5.92 Å². The summed E-state index contributed by atoms with van der Waals surface area (Å²) in [5.41, 5.74) is -0.0776. The molecule has 1 fully saturated rings. The van der Waals surface area contributed by atoms with E-state index in [-0.39, 0.29) is 11.4 Å². The van der Waals surface area contributed by atoms with E-state index in [2.05, 4.69) is 35.1 Å². The number of hydrogen-bond acceptors (Lipinski definition) is 1. The van der Waals surface area contributed by atoms with Crippen molar-refractivity contribution in [1.82, 2.24) is 5.32 Å². The summed E-state index contributed by atoms with van der Waals surface area (Å²) in [4.78, 5) is 11.9. The molecule has 1 saturated carbocycles. The molecule has 0 heterocycles. The van der Waals surface area contributed by atoms with Crippen molar-refractivity contribution in [2.75, 3.05) is 5.33 Å². The van der Waals surface area contributed by atoms with Gasteiger partial charge in [-0.15, -0.1) is 0 Å². The van der Waals surface area contributed by atoms with E-state index in [1.165, 1.54) is 32.1 Å². The number of carbonyl (C=O) groups is 1. The van der Waals surface area contributed by atoms with Crippen LogP contribution in [-0.2, 0) is 4.79 Å². The van der Waals surface area contributed by atoms with E-state index < -0.39 is 0 Å². The molecule has 2 nitrogen and oxygen atoms in total. The van der Waals surface area contributed by atoms with Crippen molar-refractivity contribution < 1.29 is 4.79 Å². The standard InChI is InChI=1S/C13H24BrNO/c1-3-13(2,10-14)15-12(16)9-11-7-5-4-6-8-11/h11H,3-10H2,1-2H3,(H,15,16). The lowest BCUT2D eigenvalue weighted by Gasteiger charge is -2.29. The maximum Gasteiger partial charge on any atom is 0.220 e. The molecule has 0 bridgehead atoms. The first-order valence-corrected chi connectivity index (χ1v) is 7.59. The smallest absolute Gasteiger partial charge is 0.220 e. The Labute approximate surface area is 108 Å². The number of alkyl halides is 1. The number of rotatable bonds is 5. The number of carbonyl (C=O) groups excluding carboxylic acids is 1. The first kappa shape index (κ1) is 14.0. The third-order valence-corrected chi connectivity index (χ3v) is 4.95. The summed E-state index contributed by atoms with van der Waals surface area (Å²) < 4.78 is 0. The minimum Gasteiger partial charge on any atom is -0.350 e. The maximum absolute atomic E-state index is 11.9. The second-order valence-corrected chi connectivity index (χ2v) is 5.86. The maximum atomic E-state index is 11.9. The summed E-state index contributed by atoms with van der Waals surface area (Å²) in [5, 5.41) is 3.98. The summed E-state index contributed by atoms with van der Waals surface area (Å²) in [6.45, 7) is 4.21. The van der Waals surface area contributed by atoms with Gasteiger partial charge in [0, 0.05) is 17.3 Å². The Morgan fingerprint density at radius 3 is 2.50 bits per heavy atom. The van der Waals surface area contributed by atoms with Crippen LogP contribution in [0.5, 0.6) is 0 Å². The van der Waals surface area contributed by atoms with E-state index in [1.807, 2.05) is 0 Å². The molecule has 0 saturated heterocycles. The van der Waals surface area contributed by atoms with E-state index in [4.69, 9.17) is 0 Å². The molecule has 16 heavy (non-hydrogen) atoms. The molecule has 1 aliphatic rings. The molecule has 0 aromatic carbocycles.